The van der Waals surface area contributed by atoms with Crippen molar-refractivity contribution in [3.63, 3.8) is 0 Å². The zero-order valence-corrected chi connectivity index (χ0v) is 10.5. The molecule has 2 aromatic heterocycles. The number of nitrogens with one attached hydrogen (secondary N) is 1. The minimum atomic E-state index is 0.849. The fourth-order valence-electron chi connectivity index (χ4n) is 1.85. The van der Waals surface area contributed by atoms with E-state index in [0.717, 1.165) is 18.8 Å². The van der Waals surface area contributed by atoms with Crippen molar-refractivity contribution < 1.29 is 0 Å². The molecular formula is C14H19N3. The van der Waals surface area contributed by atoms with Gasteiger partial charge in [-0.1, -0.05) is 6.92 Å². The third-order valence-corrected chi connectivity index (χ3v) is 2.67. The number of hydrogen-bond donors (Lipinski definition) is 1. The van der Waals surface area contributed by atoms with E-state index in [9.17, 15) is 0 Å². The van der Waals surface area contributed by atoms with E-state index in [1.54, 1.807) is 0 Å². The number of rotatable bonds is 5. The standard InChI is InChI=1S/C14H19N3/c1-3-5-17-6-4-13(11-17)9-16-14-7-12(2)8-15-10-14/h4,6-8,10-11,16H,3,5,9H2,1-2H3. The highest BCUT2D eigenvalue weighted by Gasteiger charge is 1.97. The summed E-state index contributed by atoms with van der Waals surface area (Å²) in [6.07, 6.45) is 9.22. The summed E-state index contributed by atoms with van der Waals surface area (Å²) in [5, 5.41) is 3.38. The second kappa shape index (κ2) is 5.53. The zero-order valence-electron chi connectivity index (χ0n) is 10.5. The Kier molecular flexibility index (Phi) is 3.81. The molecule has 0 saturated carbocycles. The average molecular weight is 229 g/mol. The number of pyridine rings is 1. The highest BCUT2D eigenvalue weighted by Crippen LogP contribution is 2.10. The van der Waals surface area contributed by atoms with Gasteiger partial charge < -0.3 is 9.88 Å². The first-order valence-electron chi connectivity index (χ1n) is 6.08. The molecule has 0 radical (unpaired) electrons. The molecule has 0 aliphatic rings. The van der Waals surface area contributed by atoms with Crippen LogP contribution in [0.2, 0.25) is 0 Å². The molecule has 0 aliphatic carbocycles. The first-order valence-corrected chi connectivity index (χ1v) is 6.08. The normalized spacial score (nSPS) is 10.5. The van der Waals surface area contributed by atoms with Crippen LogP contribution in [-0.4, -0.2) is 9.55 Å². The number of nitrogens with zero attached hydrogens (tertiary/aromatic N) is 2. The Morgan fingerprint density at radius 1 is 1.35 bits per heavy atom. The molecule has 0 saturated heterocycles. The second-order valence-electron chi connectivity index (χ2n) is 4.36. The summed E-state index contributed by atoms with van der Waals surface area (Å²) in [6, 6.07) is 4.27. The summed E-state index contributed by atoms with van der Waals surface area (Å²) < 4.78 is 2.23. The Hall–Kier alpha value is -1.77. The number of hydrogen-bond acceptors (Lipinski definition) is 2. The predicted molar refractivity (Wildman–Crippen MR) is 71.0 cm³/mol. The first kappa shape index (κ1) is 11.7. The molecule has 90 valence electrons. The van der Waals surface area contributed by atoms with Gasteiger partial charge in [0, 0.05) is 37.9 Å². The maximum absolute atomic E-state index is 4.16. The largest absolute Gasteiger partial charge is 0.380 e. The van der Waals surface area contributed by atoms with Crippen molar-refractivity contribution in [1.29, 1.82) is 0 Å². The van der Waals surface area contributed by atoms with E-state index in [1.165, 1.54) is 17.5 Å². The van der Waals surface area contributed by atoms with Gasteiger partial charge in [0.15, 0.2) is 0 Å². The van der Waals surface area contributed by atoms with E-state index in [-0.39, 0.29) is 0 Å². The summed E-state index contributed by atoms with van der Waals surface area (Å²) >= 11 is 0. The van der Waals surface area contributed by atoms with E-state index >= 15 is 0 Å². The molecule has 0 aromatic carbocycles. The summed E-state index contributed by atoms with van der Waals surface area (Å²) in [5.74, 6) is 0. The molecule has 2 heterocycles. The molecule has 0 atom stereocenters. The van der Waals surface area contributed by atoms with E-state index in [2.05, 4.69) is 53.2 Å². The predicted octanol–water partition coefficient (Wildman–Crippen LogP) is 3.21. The lowest BCUT2D eigenvalue weighted by Gasteiger charge is -2.05. The first-order chi connectivity index (χ1) is 8.28. The van der Waals surface area contributed by atoms with Gasteiger partial charge in [0.2, 0.25) is 0 Å². The Morgan fingerprint density at radius 2 is 2.24 bits per heavy atom. The molecule has 0 bridgehead atoms. The Labute approximate surface area is 103 Å². The van der Waals surface area contributed by atoms with Crippen LogP contribution in [0.3, 0.4) is 0 Å². The zero-order chi connectivity index (χ0) is 12.1. The molecule has 0 unspecified atom stereocenters. The van der Waals surface area contributed by atoms with Gasteiger partial charge in [-0.25, -0.2) is 0 Å². The molecule has 2 rings (SSSR count). The average Bonchev–Trinajstić information content (AvgIpc) is 2.75. The molecule has 0 fully saturated rings. The molecule has 0 aliphatic heterocycles. The van der Waals surface area contributed by atoms with Crippen molar-refractivity contribution in [3.05, 3.63) is 48.0 Å². The van der Waals surface area contributed by atoms with Crippen LogP contribution in [0.4, 0.5) is 5.69 Å². The highest BCUT2D eigenvalue weighted by atomic mass is 14.9. The van der Waals surface area contributed by atoms with Crippen LogP contribution in [-0.2, 0) is 13.1 Å². The number of anilines is 1. The van der Waals surface area contributed by atoms with Gasteiger partial charge in [0.05, 0.1) is 5.69 Å². The topological polar surface area (TPSA) is 29.9 Å². The quantitative estimate of drug-likeness (QED) is 0.853. The maximum Gasteiger partial charge on any atom is 0.0532 e. The van der Waals surface area contributed by atoms with Crippen LogP contribution < -0.4 is 5.32 Å². The minimum absolute atomic E-state index is 0.849. The van der Waals surface area contributed by atoms with Crippen molar-refractivity contribution in [3.8, 4) is 0 Å². The third kappa shape index (κ3) is 3.34. The summed E-state index contributed by atoms with van der Waals surface area (Å²) in [6.45, 7) is 6.18. The SMILES string of the molecule is CCCn1ccc(CNc2cncc(C)c2)c1. The van der Waals surface area contributed by atoms with E-state index in [1.807, 2.05) is 12.4 Å². The van der Waals surface area contributed by atoms with Gasteiger partial charge in [0.25, 0.3) is 0 Å². The monoisotopic (exact) mass is 229 g/mol. The smallest absolute Gasteiger partial charge is 0.0532 e. The lowest BCUT2D eigenvalue weighted by atomic mass is 10.3. The van der Waals surface area contributed by atoms with Gasteiger partial charge in [-0.2, -0.15) is 0 Å². The Bertz CT molecular complexity index is 474. The fraction of sp³-hybridized carbons (Fsp3) is 0.357. The van der Waals surface area contributed by atoms with Crippen LogP contribution in [0.25, 0.3) is 0 Å². The van der Waals surface area contributed by atoms with Gasteiger partial charge in [0.1, 0.15) is 0 Å². The molecule has 2 aromatic rings. The van der Waals surface area contributed by atoms with Gasteiger partial charge in [-0.15, -0.1) is 0 Å². The van der Waals surface area contributed by atoms with Crippen molar-refractivity contribution in [1.82, 2.24) is 9.55 Å². The summed E-state index contributed by atoms with van der Waals surface area (Å²) in [7, 11) is 0. The number of aromatic nitrogens is 2. The molecule has 17 heavy (non-hydrogen) atoms. The van der Waals surface area contributed by atoms with Crippen molar-refractivity contribution in [2.24, 2.45) is 0 Å². The number of aryl methyl sites for hydroxylation is 2. The van der Waals surface area contributed by atoms with Crippen molar-refractivity contribution in [2.75, 3.05) is 5.32 Å². The maximum atomic E-state index is 4.16. The van der Waals surface area contributed by atoms with E-state index < -0.39 is 0 Å². The molecule has 0 amide bonds. The van der Waals surface area contributed by atoms with Crippen LogP contribution >= 0.6 is 0 Å². The third-order valence-electron chi connectivity index (χ3n) is 2.67. The van der Waals surface area contributed by atoms with Gasteiger partial charge in [-0.05, 0) is 36.6 Å². The van der Waals surface area contributed by atoms with Gasteiger partial charge in [-0.3, -0.25) is 4.98 Å². The molecule has 3 heteroatoms. The summed E-state index contributed by atoms with van der Waals surface area (Å²) in [4.78, 5) is 4.16. The molecule has 1 N–H and O–H groups in total. The van der Waals surface area contributed by atoms with Crippen molar-refractivity contribution in [2.45, 2.75) is 33.4 Å². The van der Waals surface area contributed by atoms with Crippen LogP contribution in [0.1, 0.15) is 24.5 Å². The second-order valence-corrected chi connectivity index (χ2v) is 4.36. The van der Waals surface area contributed by atoms with Crippen LogP contribution in [0, 0.1) is 6.92 Å². The van der Waals surface area contributed by atoms with Crippen LogP contribution in [0.15, 0.2) is 36.9 Å². The van der Waals surface area contributed by atoms with Crippen molar-refractivity contribution >= 4 is 5.69 Å². The van der Waals surface area contributed by atoms with Gasteiger partial charge >= 0.3 is 0 Å². The molecular weight excluding hydrogens is 210 g/mol. The lowest BCUT2D eigenvalue weighted by molar-refractivity contribution is 0.681. The summed E-state index contributed by atoms with van der Waals surface area (Å²) in [5.41, 5.74) is 3.56. The Morgan fingerprint density at radius 3 is 3.00 bits per heavy atom. The minimum Gasteiger partial charge on any atom is -0.380 e. The fourth-order valence-corrected chi connectivity index (χ4v) is 1.85. The Balaban J connectivity index is 1.93. The molecule has 3 nitrogen and oxygen atoms in total. The molecule has 0 spiro atoms. The van der Waals surface area contributed by atoms with E-state index in [4.69, 9.17) is 0 Å². The van der Waals surface area contributed by atoms with Crippen LogP contribution in [0.5, 0.6) is 0 Å². The van der Waals surface area contributed by atoms with E-state index in [0.29, 0.717) is 0 Å². The highest BCUT2D eigenvalue weighted by molar-refractivity contribution is 5.42. The lowest BCUT2D eigenvalue weighted by Crippen LogP contribution is -1.99.